The molecule has 0 radical (unpaired) electrons. The number of alkyl halides is 6. The smallest absolute Gasteiger partial charge is 0.206 e. The maximum absolute atomic E-state index is 12.0. The summed E-state index contributed by atoms with van der Waals surface area (Å²) in [5.74, 6) is -10.6. The van der Waals surface area contributed by atoms with Crippen molar-refractivity contribution in [2.45, 2.75) is 24.7 Å². The summed E-state index contributed by atoms with van der Waals surface area (Å²) in [5.41, 5.74) is 0. The molecule has 0 N–H and O–H groups in total. The lowest BCUT2D eigenvalue weighted by Crippen LogP contribution is -2.31. The van der Waals surface area contributed by atoms with Crippen LogP contribution in [0.2, 0.25) is 0 Å². The van der Waals surface area contributed by atoms with Crippen LogP contribution < -0.4 is 0 Å². The first-order valence-corrected chi connectivity index (χ1v) is 2.82. The molecule has 0 nitrogen and oxygen atoms in total. The van der Waals surface area contributed by atoms with Crippen molar-refractivity contribution in [1.29, 1.82) is 0 Å². The van der Waals surface area contributed by atoms with Crippen LogP contribution in [-0.4, -0.2) is 18.3 Å². The van der Waals surface area contributed by atoms with E-state index < -0.39 is 30.6 Å². The lowest BCUT2D eigenvalue weighted by molar-refractivity contribution is -0.159. The van der Waals surface area contributed by atoms with Gasteiger partial charge in [0.1, 0.15) is 0 Å². The van der Waals surface area contributed by atoms with Crippen LogP contribution in [-0.2, 0) is 0 Å². The van der Waals surface area contributed by atoms with Crippen LogP contribution in [0.1, 0.15) is 6.42 Å². The highest BCUT2D eigenvalue weighted by Crippen LogP contribution is 2.58. The molecule has 66 valence electrons. The largest absolute Gasteiger partial charge is 0.316 e. The van der Waals surface area contributed by atoms with Gasteiger partial charge in [-0.15, -0.1) is 0 Å². The topological polar surface area (TPSA) is 0 Å². The quantitative estimate of drug-likeness (QED) is 0.570. The SMILES string of the molecule is FC(F)C(F)(F)C1CC1(F)F. The summed E-state index contributed by atoms with van der Waals surface area (Å²) < 4.78 is 70.4. The van der Waals surface area contributed by atoms with E-state index in [-0.39, 0.29) is 0 Å². The molecule has 0 bridgehead atoms. The van der Waals surface area contributed by atoms with Gasteiger partial charge in [0.2, 0.25) is 0 Å². The highest BCUT2D eigenvalue weighted by atomic mass is 19.3. The van der Waals surface area contributed by atoms with Crippen molar-refractivity contribution < 1.29 is 26.3 Å². The molecule has 1 saturated carbocycles. The van der Waals surface area contributed by atoms with Crippen molar-refractivity contribution in [1.82, 2.24) is 0 Å². The fourth-order valence-electron chi connectivity index (χ4n) is 0.783. The van der Waals surface area contributed by atoms with Gasteiger partial charge in [0.25, 0.3) is 5.92 Å². The molecule has 6 heteroatoms. The Morgan fingerprint density at radius 3 is 1.73 bits per heavy atom. The van der Waals surface area contributed by atoms with Crippen LogP contribution in [0, 0.1) is 5.92 Å². The van der Waals surface area contributed by atoms with Gasteiger partial charge in [-0.1, -0.05) is 0 Å². The van der Waals surface area contributed by atoms with E-state index in [1.165, 1.54) is 0 Å². The Balaban J connectivity index is 2.62. The Morgan fingerprint density at radius 2 is 1.64 bits per heavy atom. The minimum absolute atomic E-state index is 1.13. The van der Waals surface area contributed by atoms with E-state index in [1.54, 1.807) is 0 Å². The fraction of sp³-hybridized carbons (Fsp3) is 1.00. The Labute approximate surface area is 58.2 Å². The first kappa shape index (κ1) is 8.67. The van der Waals surface area contributed by atoms with Gasteiger partial charge >= 0.3 is 12.3 Å². The molecule has 1 rings (SSSR count). The minimum atomic E-state index is -4.54. The second-order valence-electron chi connectivity index (χ2n) is 2.49. The van der Waals surface area contributed by atoms with Gasteiger partial charge in [-0.2, -0.15) is 8.78 Å². The molecule has 1 aliphatic carbocycles. The van der Waals surface area contributed by atoms with E-state index in [9.17, 15) is 26.3 Å². The second-order valence-corrected chi connectivity index (χ2v) is 2.49. The zero-order chi connectivity index (χ0) is 8.86. The lowest BCUT2D eigenvalue weighted by atomic mass is 10.2. The third-order valence-corrected chi connectivity index (χ3v) is 1.58. The van der Waals surface area contributed by atoms with Crippen molar-refractivity contribution in [3.8, 4) is 0 Å². The number of halogens is 6. The molecule has 0 aromatic carbocycles. The predicted molar refractivity (Wildman–Crippen MR) is 24.0 cm³/mol. The van der Waals surface area contributed by atoms with E-state index in [0.29, 0.717) is 0 Å². The third kappa shape index (κ3) is 1.30. The van der Waals surface area contributed by atoms with Crippen LogP contribution in [0.5, 0.6) is 0 Å². The number of hydrogen-bond donors (Lipinski definition) is 0. The number of rotatable bonds is 2. The monoisotopic (exact) mass is 178 g/mol. The zero-order valence-electron chi connectivity index (χ0n) is 5.13. The number of hydrogen-bond acceptors (Lipinski definition) is 0. The van der Waals surface area contributed by atoms with Gasteiger partial charge < -0.3 is 0 Å². The molecule has 1 fully saturated rings. The average molecular weight is 178 g/mol. The van der Waals surface area contributed by atoms with Crippen LogP contribution in [0.3, 0.4) is 0 Å². The van der Waals surface area contributed by atoms with Crippen molar-refractivity contribution >= 4 is 0 Å². The van der Waals surface area contributed by atoms with E-state index >= 15 is 0 Å². The molecule has 0 saturated heterocycles. The molecule has 11 heavy (non-hydrogen) atoms. The van der Waals surface area contributed by atoms with E-state index in [2.05, 4.69) is 0 Å². The molecular formula is C5H4F6. The second kappa shape index (κ2) is 2.04. The Morgan fingerprint density at radius 1 is 1.27 bits per heavy atom. The lowest BCUT2D eigenvalue weighted by Gasteiger charge is -2.13. The first-order valence-electron chi connectivity index (χ1n) is 2.82. The standard InChI is InChI=1S/C5H4F6/c6-3(7)5(10,11)2-1-4(2,8)9/h2-3H,1H2. The zero-order valence-corrected chi connectivity index (χ0v) is 5.13. The van der Waals surface area contributed by atoms with Crippen LogP contribution in [0.25, 0.3) is 0 Å². The van der Waals surface area contributed by atoms with Crippen molar-refractivity contribution in [3.63, 3.8) is 0 Å². The first-order chi connectivity index (χ1) is 4.78. The summed E-state index contributed by atoms with van der Waals surface area (Å²) in [6, 6.07) is 0. The molecular weight excluding hydrogens is 174 g/mol. The minimum Gasteiger partial charge on any atom is -0.206 e. The highest BCUT2D eigenvalue weighted by Gasteiger charge is 2.71. The normalized spacial score (nSPS) is 29.2. The van der Waals surface area contributed by atoms with Gasteiger partial charge in [0, 0.05) is 6.42 Å². The molecule has 0 heterocycles. The van der Waals surface area contributed by atoms with Crippen molar-refractivity contribution in [2.24, 2.45) is 5.92 Å². The highest BCUT2D eigenvalue weighted by molar-refractivity contribution is 5.04. The van der Waals surface area contributed by atoms with Crippen LogP contribution >= 0.6 is 0 Å². The fourth-order valence-corrected chi connectivity index (χ4v) is 0.783. The molecule has 0 aromatic rings. The van der Waals surface area contributed by atoms with Gasteiger partial charge in [0.05, 0.1) is 5.92 Å². The summed E-state index contributed by atoms with van der Waals surface area (Å²) in [6.07, 6.45) is -5.13. The molecule has 0 aromatic heterocycles. The molecule has 0 amide bonds. The van der Waals surface area contributed by atoms with Gasteiger partial charge in [-0.3, -0.25) is 0 Å². The summed E-state index contributed by atoms with van der Waals surface area (Å²) in [4.78, 5) is 0. The Bertz CT molecular complexity index is 162. The summed E-state index contributed by atoms with van der Waals surface area (Å²) in [7, 11) is 0. The summed E-state index contributed by atoms with van der Waals surface area (Å²) in [5, 5.41) is 0. The van der Waals surface area contributed by atoms with Gasteiger partial charge in [-0.25, -0.2) is 17.6 Å². The Hall–Kier alpha value is -0.420. The van der Waals surface area contributed by atoms with E-state index in [0.717, 1.165) is 0 Å². The average Bonchev–Trinajstić information content (AvgIpc) is 2.40. The molecule has 1 atom stereocenters. The van der Waals surface area contributed by atoms with Gasteiger partial charge in [0.15, 0.2) is 0 Å². The molecule has 0 aliphatic heterocycles. The third-order valence-electron chi connectivity index (χ3n) is 1.58. The molecule has 1 unspecified atom stereocenters. The van der Waals surface area contributed by atoms with Gasteiger partial charge in [-0.05, 0) is 0 Å². The van der Waals surface area contributed by atoms with E-state index in [1.807, 2.05) is 0 Å². The van der Waals surface area contributed by atoms with Crippen LogP contribution in [0.15, 0.2) is 0 Å². The summed E-state index contributed by atoms with van der Waals surface area (Å²) >= 11 is 0. The summed E-state index contributed by atoms with van der Waals surface area (Å²) in [6.45, 7) is 0. The van der Waals surface area contributed by atoms with Crippen LogP contribution in [0.4, 0.5) is 26.3 Å². The maximum Gasteiger partial charge on any atom is 0.316 e. The molecule has 1 aliphatic rings. The maximum atomic E-state index is 12.0. The predicted octanol–water partition coefficient (Wildman–Crippen LogP) is 2.54. The Kier molecular flexibility index (Phi) is 1.61. The van der Waals surface area contributed by atoms with Crippen molar-refractivity contribution in [3.05, 3.63) is 0 Å². The molecule has 0 spiro atoms. The van der Waals surface area contributed by atoms with E-state index in [4.69, 9.17) is 0 Å². The van der Waals surface area contributed by atoms with Crippen molar-refractivity contribution in [2.75, 3.05) is 0 Å².